The quantitative estimate of drug-likeness (QED) is 0.542. The van der Waals surface area contributed by atoms with E-state index >= 15 is 0 Å². The molecule has 0 radical (unpaired) electrons. The van der Waals surface area contributed by atoms with Crippen molar-refractivity contribution in [3.8, 4) is 0 Å². The van der Waals surface area contributed by atoms with E-state index < -0.39 is 11.9 Å². The zero-order valence-corrected chi connectivity index (χ0v) is 13.2. The number of hydrogen-bond acceptors (Lipinski definition) is 3. The molecule has 0 N–H and O–H groups in total. The zero-order valence-electron chi connectivity index (χ0n) is 13.2. The molecule has 108 valence electrons. The van der Waals surface area contributed by atoms with E-state index in [1.54, 1.807) is 0 Å². The molecule has 2 aromatic rings. The van der Waals surface area contributed by atoms with E-state index in [2.05, 4.69) is 13.8 Å². The van der Waals surface area contributed by atoms with E-state index in [1.807, 2.05) is 27.7 Å². The summed E-state index contributed by atoms with van der Waals surface area (Å²) in [6.07, 6.45) is 0. The molecule has 0 aliphatic carbocycles. The third kappa shape index (κ3) is 1.54. The molecule has 0 unspecified atom stereocenters. The Morgan fingerprint density at radius 3 is 1.29 bits per heavy atom. The average Bonchev–Trinajstić information content (AvgIpc) is 2.41. The monoisotopic (exact) mass is 282 g/mol. The van der Waals surface area contributed by atoms with E-state index in [-0.39, 0.29) is 0 Å². The second kappa shape index (κ2) is 4.17. The Kier molecular flexibility index (Phi) is 2.74. The summed E-state index contributed by atoms with van der Waals surface area (Å²) in [5.74, 6) is -1.05. The van der Waals surface area contributed by atoms with Crippen molar-refractivity contribution in [1.29, 1.82) is 0 Å². The van der Waals surface area contributed by atoms with Gasteiger partial charge in [0.25, 0.3) is 0 Å². The molecule has 21 heavy (non-hydrogen) atoms. The number of carbonyl (C=O) groups is 2. The Morgan fingerprint density at radius 2 is 0.905 bits per heavy atom. The van der Waals surface area contributed by atoms with Crippen LogP contribution in [0.15, 0.2) is 0 Å². The molecule has 0 bridgehead atoms. The average molecular weight is 282 g/mol. The number of cyclic esters (lactones) is 2. The first-order valence-electron chi connectivity index (χ1n) is 7.07. The van der Waals surface area contributed by atoms with Gasteiger partial charge in [0.2, 0.25) is 0 Å². The number of hydrogen-bond donors (Lipinski definition) is 0. The van der Waals surface area contributed by atoms with Crippen LogP contribution in [0.3, 0.4) is 0 Å². The maximum Gasteiger partial charge on any atom is 0.346 e. The minimum Gasteiger partial charge on any atom is -0.386 e. The highest BCUT2D eigenvalue weighted by Gasteiger charge is 2.33. The van der Waals surface area contributed by atoms with Gasteiger partial charge in [-0.2, -0.15) is 0 Å². The molecule has 0 aromatic heterocycles. The Bertz CT molecular complexity index is 791. The third-order valence-electron chi connectivity index (χ3n) is 5.09. The van der Waals surface area contributed by atoms with Crippen molar-refractivity contribution >= 4 is 22.7 Å². The summed E-state index contributed by atoms with van der Waals surface area (Å²) in [6, 6.07) is 0. The standard InChI is InChI=1S/C18H18O3/c1-7-9(3)13-10(4)8(2)12(6)15-16(13)14(11(7)5)17(19)21-18(15)20/h1-6H3. The fraction of sp³-hybridized carbons (Fsp3) is 0.333. The zero-order chi connectivity index (χ0) is 15.6. The van der Waals surface area contributed by atoms with Gasteiger partial charge in [-0.3, -0.25) is 0 Å². The molecular formula is C18H18O3. The van der Waals surface area contributed by atoms with E-state index in [0.717, 1.165) is 44.2 Å². The fourth-order valence-corrected chi connectivity index (χ4v) is 3.42. The van der Waals surface area contributed by atoms with E-state index in [9.17, 15) is 9.59 Å². The molecule has 1 heterocycles. The van der Waals surface area contributed by atoms with Crippen molar-refractivity contribution in [2.45, 2.75) is 41.5 Å². The first-order chi connectivity index (χ1) is 9.77. The first kappa shape index (κ1) is 13.8. The number of rotatable bonds is 0. The lowest BCUT2D eigenvalue weighted by Crippen LogP contribution is -2.23. The van der Waals surface area contributed by atoms with Crippen molar-refractivity contribution in [1.82, 2.24) is 0 Å². The predicted molar refractivity (Wildman–Crippen MR) is 82.1 cm³/mol. The first-order valence-corrected chi connectivity index (χ1v) is 7.07. The second-order valence-electron chi connectivity index (χ2n) is 5.93. The summed E-state index contributed by atoms with van der Waals surface area (Å²) in [6.45, 7) is 12.0. The van der Waals surface area contributed by atoms with Crippen LogP contribution >= 0.6 is 0 Å². The summed E-state index contributed by atoms with van der Waals surface area (Å²) in [4.78, 5) is 24.5. The van der Waals surface area contributed by atoms with Gasteiger partial charge in [-0.25, -0.2) is 9.59 Å². The van der Waals surface area contributed by atoms with Crippen LogP contribution in [0.1, 0.15) is 54.1 Å². The topological polar surface area (TPSA) is 43.4 Å². The van der Waals surface area contributed by atoms with Gasteiger partial charge < -0.3 is 4.74 Å². The van der Waals surface area contributed by atoms with Crippen LogP contribution in [-0.2, 0) is 4.74 Å². The number of ether oxygens (including phenoxy) is 1. The van der Waals surface area contributed by atoms with Crippen LogP contribution in [-0.4, -0.2) is 11.9 Å². The number of aryl methyl sites for hydroxylation is 2. The molecule has 0 saturated carbocycles. The maximum absolute atomic E-state index is 12.2. The van der Waals surface area contributed by atoms with Gasteiger partial charge in [0, 0.05) is 5.39 Å². The molecule has 1 aliphatic heterocycles. The number of benzene rings is 2. The van der Waals surface area contributed by atoms with Crippen LogP contribution in [0.5, 0.6) is 0 Å². The largest absolute Gasteiger partial charge is 0.386 e. The fourth-order valence-electron chi connectivity index (χ4n) is 3.42. The molecule has 0 atom stereocenters. The number of esters is 2. The van der Waals surface area contributed by atoms with Crippen molar-refractivity contribution in [2.24, 2.45) is 0 Å². The highest BCUT2D eigenvalue weighted by Crippen LogP contribution is 2.40. The lowest BCUT2D eigenvalue weighted by molar-refractivity contribution is 0.0390. The van der Waals surface area contributed by atoms with Crippen molar-refractivity contribution in [2.75, 3.05) is 0 Å². The smallest absolute Gasteiger partial charge is 0.346 e. The molecule has 0 spiro atoms. The van der Waals surface area contributed by atoms with E-state index in [0.29, 0.717) is 11.1 Å². The maximum atomic E-state index is 12.2. The van der Waals surface area contributed by atoms with Crippen molar-refractivity contribution < 1.29 is 14.3 Å². The van der Waals surface area contributed by atoms with Gasteiger partial charge >= 0.3 is 11.9 Å². The van der Waals surface area contributed by atoms with Gasteiger partial charge in [0.15, 0.2) is 0 Å². The lowest BCUT2D eigenvalue weighted by atomic mass is 9.82. The minimum absolute atomic E-state index is 0.527. The SMILES string of the molecule is Cc1c(C)c2c3c(c(C)c(C)c(C)c3c1C)C(=O)OC2=O. The summed E-state index contributed by atoms with van der Waals surface area (Å²) in [7, 11) is 0. The Hall–Kier alpha value is -2.16. The van der Waals surface area contributed by atoms with Gasteiger partial charge in [0.1, 0.15) is 0 Å². The molecule has 2 aromatic carbocycles. The lowest BCUT2D eigenvalue weighted by Gasteiger charge is -2.25. The summed E-state index contributed by atoms with van der Waals surface area (Å²) in [5.41, 5.74) is 7.35. The summed E-state index contributed by atoms with van der Waals surface area (Å²) in [5, 5.41) is 1.80. The highest BCUT2D eigenvalue weighted by molar-refractivity contribution is 6.23. The molecule has 3 nitrogen and oxygen atoms in total. The van der Waals surface area contributed by atoms with Crippen molar-refractivity contribution in [3.05, 3.63) is 44.5 Å². The molecule has 3 rings (SSSR count). The Morgan fingerprint density at radius 1 is 0.524 bits per heavy atom. The summed E-state index contributed by atoms with van der Waals surface area (Å²) >= 11 is 0. The highest BCUT2D eigenvalue weighted by atomic mass is 16.6. The van der Waals surface area contributed by atoms with Gasteiger partial charge in [-0.15, -0.1) is 0 Å². The molecule has 0 fully saturated rings. The minimum atomic E-state index is -0.527. The molecule has 0 saturated heterocycles. The second-order valence-corrected chi connectivity index (χ2v) is 5.93. The third-order valence-corrected chi connectivity index (χ3v) is 5.09. The van der Waals surface area contributed by atoms with Crippen LogP contribution in [0.4, 0.5) is 0 Å². The van der Waals surface area contributed by atoms with Crippen molar-refractivity contribution in [3.63, 3.8) is 0 Å². The Labute approximate surface area is 123 Å². The van der Waals surface area contributed by atoms with E-state index in [1.165, 1.54) is 0 Å². The Balaban J connectivity index is 2.76. The van der Waals surface area contributed by atoms with Gasteiger partial charge in [0.05, 0.1) is 11.1 Å². The van der Waals surface area contributed by atoms with Crippen LogP contribution in [0, 0.1) is 41.5 Å². The molecule has 3 heteroatoms. The summed E-state index contributed by atoms with van der Waals surface area (Å²) < 4.78 is 4.98. The van der Waals surface area contributed by atoms with Gasteiger partial charge in [-0.05, 0) is 80.3 Å². The van der Waals surface area contributed by atoms with E-state index in [4.69, 9.17) is 4.74 Å². The van der Waals surface area contributed by atoms with Crippen LogP contribution < -0.4 is 0 Å². The van der Waals surface area contributed by atoms with Crippen LogP contribution in [0.2, 0.25) is 0 Å². The van der Waals surface area contributed by atoms with Crippen LogP contribution in [0.25, 0.3) is 10.8 Å². The van der Waals surface area contributed by atoms with Gasteiger partial charge in [-0.1, -0.05) is 0 Å². The molecular weight excluding hydrogens is 264 g/mol. The molecule has 1 aliphatic rings. The number of carbonyl (C=O) groups excluding carboxylic acids is 2. The normalized spacial score (nSPS) is 13.8. The molecule has 0 amide bonds. The predicted octanol–water partition coefficient (Wildman–Crippen LogP) is 4.00.